The molecule has 0 fully saturated rings. The Morgan fingerprint density at radius 2 is 1.20 bits per heavy atom. The molecule has 10 rings (SSSR count). The maximum Gasteiger partial charge on any atom is 0.145 e. The number of fused-ring (bicyclic) bond motifs is 10. The first-order valence-corrected chi connectivity index (χ1v) is 16.4. The largest absolute Gasteiger partial charge is 0.457 e. The predicted molar refractivity (Wildman–Crippen MR) is 194 cm³/mol. The van der Waals surface area contributed by atoms with Crippen LogP contribution >= 0.6 is 0 Å². The van der Waals surface area contributed by atoms with Gasteiger partial charge in [-0.15, -0.1) is 0 Å². The van der Waals surface area contributed by atoms with Gasteiger partial charge in [0.1, 0.15) is 17.3 Å². The molecule has 0 amide bonds. The molecule has 2 aliphatic rings. The van der Waals surface area contributed by atoms with Crippen molar-refractivity contribution in [3.63, 3.8) is 0 Å². The summed E-state index contributed by atoms with van der Waals surface area (Å²) in [6.07, 6.45) is 0. The van der Waals surface area contributed by atoms with E-state index in [4.69, 9.17) is 9.72 Å². The summed E-state index contributed by atoms with van der Waals surface area (Å²) in [5, 5.41) is 10.0. The van der Waals surface area contributed by atoms with Crippen molar-refractivity contribution in [1.82, 2.24) is 9.55 Å². The lowest BCUT2D eigenvalue weighted by Gasteiger charge is -2.39. The first-order chi connectivity index (χ1) is 24.3. The van der Waals surface area contributed by atoms with Gasteiger partial charge in [0.15, 0.2) is 0 Å². The molecule has 4 nitrogen and oxygen atoms in total. The smallest absolute Gasteiger partial charge is 0.145 e. The Balaban J connectivity index is 1.20. The SMILES string of the molecule is N#Cc1ccc2c(c1)-c1c(-c3ccc(-c4nc5ccccc5n4-c4ccccc4)cc3)cccc1C21c2ccccc2Oc2ccccc21. The summed E-state index contributed by atoms with van der Waals surface area (Å²) >= 11 is 0. The number of imidazole rings is 1. The van der Waals surface area contributed by atoms with E-state index in [1.807, 2.05) is 30.3 Å². The summed E-state index contributed by atoms with van der Waals surface area (Å²) in [6, 6.07) is 59.3. The molecular formula is C45H27N3O. The zero-order chi connectivity index (χ0) is 32.5. The summed E-state index contributed by atoms with van der Waals surface area (Å²) in [7, 11) is 0. The van der Waals surface area contributed by atoms with Crippen LogP contribution in [0.5, 0.6) is 11.5 Å². The number of aromatic nitrogens is 2. The van der Waals surface area contributed by atoms with Crippen LogP contribution in [-0.2, 0) is 5.41 Å². The van der Waals surface area contributed by atoms with Gasteiger partial charge in [0, 0.05) is 22.4 Å². The van der Waals surface area contributed by atoms with E-state index >= 15 is 0 Å². The second-order valence-corrected chi connectivity index (χ2v) is 12.6. The lowest BCUT2D eigenvalue weighted by molar-refractivity contribution is 0.436. The van der Waals surface area contributed by atoms with Gasteiger partial charge in [-0.1, -0.05) is 115 Å². The van der Waals surface area contributed by atoms with E-state index < -0.39 is 5.41 Å². The van der Waals surface area contributed by atoms with Crippen molar-refractivity contribution in [2.45, 2.75) is 5.41 Å². The number of benzene rings is 7. The Morgan fingerprint density at radius 3 is 1.96 bits per heavy atom. The summed E-state index contributed by atoms with van der Waals surface area (Å²) in [5.41, 5.74) is 13.2. The molecule has 0 atom stereocenters. The fourth-order valence-corrected chi connectivity index (χ4v) is 8.12. The standard InChI is InChI=1S/C45H27N3O/c46-28-29-21-26-35-34(27-29)43-33(13-10-16-38(43)45(35)36-14-4-8-19-41(36)49-42-20-9-5-15-37(42)45)30-22-24-31(25-23-30)44-47-39-17-6-7-18-40(39)48(44)32-11-2-1-3-12-32/h1-27H. The van der Waals surface area contributed by atoms with Crippen molar-refractivity contribution in [1.29, 1.82) is 5.26 Å². The molecule has 0 saturated carbocycles. The number of para-hydroxylation sites is 5. The summed E-state index contributed by atoms with van der Waals surface area (Å²) in [6.45, 7) is 0. The van der Waals surface area contributed by atoms with E-state index in [9.17, 15) is 5.26 Å². The predicted octanol–water partition coefficient (Wildman–Crippen LogP) is 10.7. The lowest BCUT2D eigenvalue weighted by Crippen LogP contribution is -2.32. The monoisotopic (exact) mass is 625 g/mol. The molecule has 0 bridgehead atoms. The van der Waals surface area contributed by atoms with E-state index in [2.05, 4.69) is 144 Å². The molecule has 0 N–H and O–H groups in total. The van der Waals surface area contributed by atoms with Crippen LogP contribution in [0.3, 0.4) is 0 Å². The fourth-order valence-electron chi connectivity index (χ4n) is 8.12. The lowest BCUT2D eigenvalue weighted by atomic mass is 9.66. The van der Waals surface area contributed by atoms with Crippen molar-refractivity contribution >= 4 is 11.0 Å². The molecule has 1 aliphatic carbocycles. The van der Waals surface area contributed by atoms with Gasteiger partial charge in [-0.3, -0.25) is 4.57 Å². The molecule has 0 unspecified atom stereocenters. The van der Waals surface area contributed by atoms with E-state index in [1.165, 1.54) is 5.56 Å². The minimum absolute atomic E-state index is 0.597. The fraction of sp³-hybridized carbons (Fsp3) is 0.0222. The van der Waals surface area contributed by atoms with Gasteiger partial charge in [-0.2, -0.15) is 5.26 Å². The van der Waals surface area contributed by atoms with Gasteiger partial charge < -0.3 is 4.74 Å². The number of hydrogen-bond acceptors (Lipinski definition) is 3. The number of nitrogens with zero attached hydrogens (tertiary/aromatic N) is 3. The third-order valence-electron chi connectivity index (χ3n) is 10.1. The molecule has 2 heterocycles. The highest BCUT2D eigenvalue weighted by atomic mass is 16.5. The summed E-state index contributed by atoms with van der Waals surface area (Å²) in [5.74, 6) is 2.59. The highest BCUT2D eigenvalue weighted by Crippen LogP contribution is 2.63. The number of rotatable bonds is 3. The average Bonchev–Trinajstić information content (AvgIpc) is 3.70. The van der Waals surface area contributed by atoms with Gasteiger partial charge >= 0.3 is 0 Å². The van der Waals surface area contributed by atoms with Crippen molar-refractivity contribution in [3.8, 4) is 56.9 Å². The number of ether oxygens (including phenoxy) is 1. The van der Waals surface area contributed by atoms with Gasteiger partial charge in [0.2, 0.25) is 0 Å². The molecule has 49 heavy (non-hydrogen) atoms. The van der Waals surface area contributed by atoms with Crippen molar-refractivity contribution in [3.05, 3.63) is 192 Å². The number of nitriles is 1. The molecule has 4 heteroatoms. The molecule has 228 valence electrons. The van der Waals surface area contributed by atoms with Crippen molar-refractivity contribution in [2.24, 2.45) is 0 Å². The zero-order valence-electron chi connectivity index (χ0n) is 26.3. The van der Waals surface area contributed by atoms with Crippen LogP contribution in [0.25, 0.3) is 50.4 Å². The van der Waals surface area contributed by atoms with Crippen LogP contribution in [0.4, 0.5) is 0 Å². The topological polar surface area (TPSA) is 50.8 Å². The van der Waals surface area contributed by atoms with Gasteiger partial charge in [0.05, 0.1) is 28.1 Å². The quantitative estimate of drug-likeness (QED) is 0.196. The molecular weight excluding hydrogens is 599 g/mol. The van der Waals surface area contributed by atoms with Crippen LogP contribution in [0.2, 0.25) is 0 Å². The van der Waals surface area contributed by atoms with Crippen LogP contribution in [-0.4, -0.2) is 9.55 Å². The molecule has 0 radical (unpaired) electrons. The third-order valence-corrected chi connectivity index (χ3v) is 10.1. The second-order valence-electron chi connectivity index (χ2n) is 12.6. The van der Waals surface area contributed by atoms with Crippen LogP contribution in [0.1, 0.15) is 27.8 Å². The molecule has 1 aliphatic heterocycles. The normalized spacial score (nSPS) is 13.2. The Labute approximate surface area is 283 Å². The van der Waals surface area contributed by atoms with Crippen molar-refractivity contribution in [2.75, 3.05) is 0 Å². The Hall–Kier alpha value is -6.70. The Kier molecular flexibility index (Phi) is 5.82. The average molecular weight is 626 g/mol. The molecule has 1 aromatic heterocycles. The zero-order valence-corrected chi connectivity index (χ0v) is 26.3. The molecule has 1 spiro atoms. The highest BCUT2D eigenvalue weighted by molar-refractivity contribution is 5.97. The maximum absolute atomic E-state index is 10.0. The van der Waals surface area contributed by atoms with E-state index in [1.54, 1.807) is 0 Å². The van der Waals surface area contributed by atoms with Gasteiger partial charge in [0.25, 0.3) is 0 Å². The molecule has 8 aromatic rings. The highest BCUT2D eigenvalue weighted by Gasteiger charge is 2.51. The minimum Gasteiger partial charge on any atom is -0.457 e. The van der Waals surface area contributed by atoms with Crippen LogP contribution in [0, 0.1) is 11.3 Å². The van der Waals surface area contributed by atoms with Crippen LogP contribution < -0.4 is 4.74 Å². The Morgan fingerprint density at radius 1 is 0.551 bits per heavy atom. The number of hydrogen-bond donors (Lipinski definition) is 0. The van der Waals surface area contributed by atoms with Gasteiger partial charge in [-0.25, -0.2) is 4.98 Å². The van der Waals surface area contributed by atoms with E-state index in [0.29, 0.717) is 5.56 Å². The van der Waals surface area contributed by atoms with Gasteiger partial charge in [-0.05, 0) is 81.9 Å². The maximum atomic E-state index is 10.0. The Bertz CT molecular complexity index is 2600. The summed E-state index contributed by atoms with van der Waals surface area (Å²) < 4.78 is 8.74. The minimum atomic E-state index is -0.597. The first-order valence-electron chi connectivity index (χ1n) is 16.4. The first kappa shape index (κ1) is 27.4. The van der Waals surface area contributed by atoms with E-state index in [-0.39, 0.29) is 0 Å². The summed E-state index contributed by atoms with van der Waals surface area (Å²) in [4.78, 5) is 5.09. The van der Waals surface area contributed by atoms with Crippen molar-refractivity contribution < 1.29 is 4.74 Å². The van der Waals surface area contributed by atoms with E-state index in [0.717, 1.165) is 78.6 Å². The van der Waals surface area contributed by atoms with Crippen LogP contribution in [0.15, 0.2) is 164 Å². The second kappa shape index (κ2) is 10.4. The molecule has 7 aromatic carbocycles. The third kappa shape index (κ3) is 3.82. The molecule has 0 saturated heterocycles.